The van der Waals surface area contributed by atoms with Gasteiger partial charge in [-0.15, -0.1) is 0 Å². The van der Waals surface area contributed by atoms with Gasteiger partial charge in [0.15, 0.2) is 0 Å². The number of aliphatic hydroxyl groups excluding tert-OH is 1. The average Bonchev–Trinajstić information content (AvgIpc) is 2.75. The van der Waals surface area contributed by atoms with Gasteiger partial charge in [-0.05, 0) is 42.7 Å². The van der Waals surface area contributed by atoms with Crippen molar-refractivity contribution in [3.05, 3.63) is 46.1 Å². The number of fused-ring (bicyclic) bond motifs is 3. The Bertz CT molecular complexity index is 1080. The zero-order chi connectivity index (χ0) is 19.8. The Balaban J connectivity index is 1.58. The fourth-order valence-corrected chi connectivity index (χ4v) is 4.71. The van der Waals surface area contributed by atoms with Gasteiger partial charge in [0, 0.05) is 36.3 Å². The molecule has 152 valence electrons. The van der Waals surface area contributed by atoms with E-state index in [4.69, 9.17) is 4.74 Å². The van der Waals surface area contributed by atoms with Crippen molar-refractivity contribution in [2.75, 3.05) is 26.3 Å². The Labute approximate surface area is 168 Å². The number of nitrogens with one attached hydrogen (secondary N) is 1. The second-order valence-electron chi connectivity index (χ2n) is 8.21. The molecular formula is C22H26N4O3. The molecule has 2 fully saturated rings. The summed E-state index contributed by atoms with van der Waals surface area (Å²) in [6, 6.07) is 6.16. The van der Waals surface area contributed by atoms with Crippen LogP contribution in [-0.4, -0.2) is 57.4 Å². The first-order valence-electron chi connectivity index (χ1n) is 10.5. The molecule has 0 unspecified atom stereocenters. The lowest BCUT2D eigenvalue weighted by Gasteiger charge is -2.27. The van der Waals surface area contributed by atoms with E-state index in [2.05, 4.69) is 25.9 Å². The van der Waals surface area contributed by atoms with E-state index in [1.54, 1.807) is 0 Å². The van der Waals surface area contributed by atoms with Crippen molar-refractivity contribution < 1.29 is 9.84 Å². The van der Waals surface area contributed by atoms with Crippen LogP contribution in [0.25, 0.3) is 21.8 Å². The number of H-pyrrole nitrogens is 1. The molecule has 1 aromatic carbocycles. The molecule has 7 heteroatoms. The van der Waals surface area contributed by atoms with Gasteiger partial charge in [-0.25, -0.2) is 9.97 Å². The van der Waals surface area contributed by atoms with Crippen LogP contribution < -0.4 is 5.56 Å². The van der Waals surface area contributed by atoms with Crippen molar-refractivity contribution in [1.29, 1.82) is 0 Å². The van der Waals surface area contributed by atoms with Gasteiger partial charge in [-0.3, -0.25) is 9.69 Å². The first-order valence-corrected chi connectivity index (χ1v) is 10.5. The summed E-state index contributed by atoms with van der Waals surface area (Å²) in [6.45, 7) is 4.16. The van der Waals surface area contributed by atoms with Gasteiger partial charge in [0.1, 0.15) is 12.0 Å². The second-order valence-corrected chi connectivity index (χ2v) is 8.21. The number of morpholine rings is 1. The van der Waals surface area contributed by atoms with Crippen LogP contribution in [0.4, 0.5) is 0 Å². The Hall–Kier alpha value is -2.35. The van der Waals surface area contributed by atoms with Crippen molar-refractivity contribution in [3.63, 3.8) is 0 Å². The maximum atomic E-state index is 12.8. The molecule has 1 saturated heterocycles. The van der Waals surface area contributed by atoms with Crippen LogP contribution in [-0.2, 0) is 11.3 Å². The highest BCUT2D eigenvalue weighted by Gasteiger charge is 2.25. The number of aromatic nitrogens is 3. The van der Waals surface area contributed by atoms with Crippen LogP contribution in [0, 0.1) is 0 Å². The lowest BCUT2D eigenvalue weighted by atomic mass is 9.83. The number of hydrogen-bond acceptors (Lipinski definition) is 6. The largest absolute Gasteiger partial charge is 0.393 e. The summed E-state index contributed by atoms with van der Waals surface area (Å²) in [5.74, 6) is 0.283. The molecule has 3 aromatic rings. The minimum Gasteiger partial charge on any atom is -0.393 e. The van der Waals surface area contributed by atoms with Gasteiger partial charge in [0.25, 0.3) is 5.56 Å². The van der Waals surface area contributed by atoms with Crippen molar-refractivity contribution in [2.45, 2.75) is 44.2 Å². The molecule has 1 aliphatic heterocycles. The zero-order valence-corrected chi connectivity index (χ0v) is 16.4. The van der Waals surface area contributed by atoms with Crippen LogP contribution in [0.2, 0.25) is 0 Å². The maximum Gasteiger partial charge on any atom is 0.257 e. The van der Waals surface area contributed by atoms with Crippen LogP contribution >= 0.6 is 0 Å². The first kappa shape index (κ1) is 18.7. The third-order valence-corrected chi connectivity index (χ3v) is 6.30. The Morgan fingerprint density at radius 2 is 1.90 bits per heavy atom. The molecule has 29 heavy (non-hydrogen) atoms. The number of nitrogens with zero attached hydrogens (tertiary/aromatic N) is 3. The molecular weight excluding hydrogens is 368 g/mol. The predicted octanol–water partition coefficient (Wildman–Crippen LogP) is 2.32. The van der Waals surface area contributed by atoms with Gasteiger partial charge in [-0.2, -0.15) is 0 Å². The molecule has 2 aromatic heterocycles. The van der Waals surface area contributed by atoms with Crippen molar-refractivity contribution in [2.24, 2.45) is 0 Å². The molecule has 1 aliphatic carbocycles. The summed E-state index contributed by atoms with van der Waals surface area (Å²) < 4.78 is 5.43. The number of rotatable bonds is 3. The van der Waals surface area contributed by atoms with Crippen LogP contribution in [0.3, 0.4) is 0 Å². The van der Waals surface area contributed by atoms with E-state index in [1.165, 1.54) is 6.33 Å². The average molecular weight is 394 g/mol. The highest BCUT2D eigenvalue weighted by Crippen LogP contribution is 2.36. The zero-order valence-electron chi connectivity index (χ0n) is 16.4. The minimum absolute atomic E-state index is 0.111. The van der Waals surface area contributed by atoms with Gasteiger partial charge >= 0.3 is 0 Å². The number of benzene rings is 1. The minimum atomic E-state index is -0.210. The molecule has 2 aliphatic rings. The van der Waals surface area contributed by atoms with Gasteiger partial charge < -0.3 is 14.8 Å². The molecule has 5 rings (SSSR count). The van der Waals surface area contributed by atoms with Crippen molar-refractivity contribution in [1.82, 2.24) is 19.9 Å². The number of aromatic amines is 1. The molecule has 0 amide bonds. The number of pyridine rings is 1. The second kappa shape index (κ2) is 7.82. The molecule has 0 bridgehead atoms. The third kappa shape index (κ3) is 3.66. The van der Waals surface area contributed by atoms with E-state index in [0.717, 1.165) is 80.6 Å². The van der Waals surface area contributed by atoms with Crippen molar-refractivity contribution in [3.8, 4) is 0 Å². The lowest BCUT2D eigenvalue weighted by Crippen LogP contribution is -2.35. The van der Waals surface area contributed by atoms with E-state index >= 15 is 0 Å². The van der Waals surface area contributed by atoms with Gasteiger partial charge in [-0.1, -0.05) is 12.1 Å². The fraction of sp³-hybridized carbons (Fsp3) is 0.500. The van der Waals surface area contributed by atoms with E-state index in [0.29, 0.717) is 11.0 Å². The topological polar surface area (TPSA) is 91.3 Å². The summed E-state index contributed by atoms with van der Waals surface area (Å²) >= 11 is 0. The highest BCUT2D eigenvalue weighted by atomic mass is 16.5. The highest BCUT2D eigenvalue weighted by molar-refractivity contribution is 6.05. The lowest BCUT2D eigenvalue weighted by molar-refractivity contribution is 0.0342. The van der Waals surface area contributed by atoms with Crippen LogP contribution in [0.15, 0.2) is 29.3 Å². The molecule has 3 heterocycles. The summed E-state index contributed by atoms with van der Waals surface area (Å²) in [5.41, 5.74) is 2.60. The summed E-state index contributed by atoms with van der Waals surface area (Å²) in [4.78, 5) is 27.1. The predicted molar refractivity (Wildman–Crippen MR) is 111 cm³/mol. The SMILES string of the molecule is O=c1[nH]c2ncnc(C3CCC(O)CC3)c2c2ccc(CN3CCOCC3)cc12. The third-order valence-electron chi connectivity index (χ3n) is 6.30. The standard InChI is InChI=1S/C22H26N4O3/c27-16-4-2-15(3-5-16)20-19-17-6-1-14(12-26-7-9-29-10-8-26)11-18(17)22(28)25-21(19)24-13-23-20/h1,6,11,13,15-16,27H,2-5,7-10,12H2,(H,23,24,25,28). The number of aliphatic hydroxyl groups is 1. The Morgan fingerprint density at radius 1 is 1.10 bits per heavy atom. The normalized spacial score (nSPS) is 23.6. The van der Waals surface area contributed by atoms with E-state index in [9.17, 15) is 9.90 Å². The molecule has 1 saturated carbocycles. The van der Waals surface area contributed by atoms with Crippen LogP contribution in [0.5, 0.6) is 0 Å². The molecule has 0 atom stereocenters. The van der Waals surface area contributed by atoms with Gasteiger partial charge in [0.05, 0.1) is 25.0 Å². The fourth-order valence-electron chi connectivity index (χ4n) is 4.71. The summed E-state index contributed by atoms with van der Waals surface area (Å²) in [6.07, 6.45) is 4.73. The summed E-state index contributed by atoms with van der Waals surface area (Å²) in [5, 5.41) is 12.4. The Morgan fingerprint density at radius 3 is 2.69 bits per heavy atom. The first-order chi connectivity index (χ1) is 14.2. The summed E-state index contributed by atoms with van der Waals surface area (Å²) in [7, 11) is 0. The number of hydrogen-bond donors (Lipinski definition) is 2. The van der Waals surface area contributed by atoms with E-state index in [-0.39, 0.29) is 17.6 Å². The Kier molecular flexibility index (Phi) is 5.03. The van der Waals surface area contributed by atoms with Gasteiger partial charge in [0.2, 0.25) is 0 Å². The molecule has 2 N–H and O–H groups in total. The number of ether oxygens (including phenoxy) is 1. The molecule has 7 nitrogen and oxygen atoms in total. The maximum absolute atomic E-state index is 12.8. The quantitative estimate of drug-likeness (QED) is 0.663. The van der Waals surface area contributed by atoms with E-state index in [1.807, 2.05) is 12.1 Å². The van der Waals surface area contributed by atoms with Crippen LogP contribution in [0.1, 0.15) is 42.9 Å². The van der Waals surface area contributed by atoms with E-state index < -0.39 is 0 Å². The smallest absolute Gasteiger partial charge is 0.257 e. The molecule has 0 radical (unpaired) electrons. The van der Waals surface area contributed by atoms with Crippen molar-refractivity contribution >= 4 is 21.8 Å². The monoisotopic (exact) mass is 394 g/mol. The molecule has 0 spiro atoms.